The van der Waals surface area contributed by atoms with Crippen molar-refractivity contribution in [1.29, 1.82) is 0 Å². The van der Waals surface area contributed by atoms with E-state index in [1.165, 1.54) is 19.5 Å². The molecular weight excluding hydrogens is 337 g/mol. The number of ether oxygens (including phenoxy) is 1. The number of methoxy groups -OCH3 is 1. The highest BCUT2D eigenvalue weighted by atomic mass is 79.9. The number of aromatic nitrogens is 3. The van der Waals surface area contributed by atoms with Gasteiger partial charge in [0.15, 0.2) is 5.82 Å². The number of benzene rings is 1. The summed E-state index contributed by atoms with van der Waals surface area (Å²) < 4.78 is 19.5. The summed E-state index contributed by atoms with van der Waals surface area (Å²) in [6.07, 6.45) is 3.10. The molecule has 0 saturated heterocycles. The van der Waals surface area contributed by atoms with Crippen LogP contribution in [0.25, 0.3) is 22.0 Å². The van der Waals surface area contributed by atoms with Gasteiger partial charge in [0.2, 0.25) is 5.88 Å². The molecule has 0 N–H and O–H groups in total. The first kappa shape index (κ1) is 13.9. The highest BCUT2D eigenvalue weighted by Crippen LogP contribution is 2.31. The Morgan fingerprint density at radius 1 is 1.10 bits per heavy atom. The number of hydrogen-bond donors (Lipinski definition) is 0. The summed E-state index contributed by atoms with van der Waals surface area (Å²) in [5.74, 6) is -0.509. The quantitative estimate of drug-likeness (QED) is 0.705. The minimum atomic E-state index is -0.493. The Morgan fingerprint density at radius 2 is 1.90 bits per heavy atom. The van der Waals surface area contributed by atoms with E-state index < -0.39 is 5.82 Å². The maximum atomic E-state index is 13.8. The van der Waals surface area contributed by atoms with Crippen LogP contribution in [0.3, 0.4) is 0 Å². The van der Waals surface area contributed by atoms with Gasteiger partial charge in [0.05, 0.1) is 12.6 Å². The molecule has 0 saturated carbocycles. The van der Waals surface area contributed by atoms with Crippen molar-refractivity contribution in [3.63, 3.8) is 0 Å². The molecule has 2 heterocycles. The van der Waals surface area contributed by atoms with Crippen molar-refractivity contribution in [3.8, 4) is 17.0 Å². The molecule has 106 valence electrons. The smallest absolute Gasteiger partial charge is 0.250 e. The van der Waals surface area contributed by atoms with Crippen molar-refractivity contribution in [1.82, 2.24) is 15.0 Å². The van der Waals surface area contributed by atoms with E-state index in [0.717, 1.165) is 26.6 Å². The fraction of sp³-hybridized carbons (Fsp3) is 0.133. The second kappa shape index (κ2) is 5.37. The second-order valence-corrected chi connectivity index (χ2v) is 5.38. The zero-order valence-electron chi connectivity index (χ0n) is 11.4. The van der Waals surface area contributed by atoms with Crippen LogP contribution in [0.4, 0.5) is 4.39 Å². The Hall–Kier alpha value is -2.08. The van der Waals surface area contributed by atoms with E-state index >= 15 is 0 Å². The molecule has 0 fully saturated rings. The van der Waals surface area contributed by atoms with Crippen molar-refractivity contribution >= 4 is 26.8 Å². The molecule has 0 radical (unpaired) electrons. The molecule has 0 spiro atoms. The number of halogens is 2. The van der Waals surface area contributed by atoms with Gasteiger partial charge in [0.1, 0.15) is 6.33 Å². The minimum absolute atomic E-state index is 0.0156. The SMILES string of the molecule is COc1ncc(-c2cc(Br)c3ncnc(C)c3c2)cc1F. The lowest BCUT2D eigenvalue weighted by Gasteiger charge is -2.08. The summed E-state index contributed by atoms with van der Waals surface area (Å²) in [5, 5.41) is 0.915. The number of nitrogens with zero attached hydrogens (tertiary/aromatic N) is 3. The topological polar surface area (TPSA) is 47.9 Å². The predicted octanol–water partition coefficient (Wildman–Crippen LogP) is 3.91. The number of hydrogen-bond acceptors (Lipinski definition) is 4. The number of rotatable bonds is 2. The minimum Gasteiger partial charge on any atom is -0.479 e. The normalized spacial score (nSPS) is 10.9. The average molecular weight is 348 g/mol. The van der Waals surface area contributed by atoms with E-state index in [2.05, 4.69) is 30.9 Å². The molecule has 0 bridgehead atoms. The molecular formula is C15H11BrFN3O. The van der Waals surface area contributed by atoms with Crippen LogP contribution in [0.2, 0.25) is 0 Å². The van der Waals surface area contributed by atoms with Crippen LogP contribution in [0.5, 0.6) is 5.88 Å². The van der Waals surface area contributed by atoms with E-state index in [9.17, 15) is 4.39 Å². The van der Waals surface area contributed by atoms with Crippen LogP contribution in [-0.2, 0) is 0 Å². The van der Waals surface area contributed by atoms with Gasteiger partial charge in [0.25, 0.3) is 0 Å². The van der Waals surface area contributed by atoms with Crippen molar-refractivity contribution in [2.24, 2.45) is 0 Å². The third-order valence-electron chi connectivity index (χ3n) is 3.23. The molecule has 1 aromatic carbocycles. The molecule has 3 rings (SSSR count). The summed E-state index contributed by atoms with van der Waals surface area (Å²) in [7, 11) is 1.39. The summed E-state index contributed by atoms with van der Waals surface area (Å²) in [5.41, 5.74) is 3.19. The lowest BCUT2D eigenvalue weighted by molar-refractivity contribution is 0.369. The highest BCUT2D eigenvalue weighted by Gasteiger charge is 2.11. The van der Waals surface area contributed by atoms with Crippen LogP contribution in [-0.4, -0.2) is 22.1 Å². The van der Waals surface area contributed by atoms with Gasteiger partial charge in [0, 0.05) is 27.3 Å². The Morgan fingerprint density at radius 3 is 2.62 bits per heavy atom. The summed E-state index contributed by atoms with van der Waals surface area (Å²) in [6, 6.07) is 5.22. The molecule has 0 atom stereocenters. The first-order chi connectivity index (χ1) is 10.1. The van der Waals surface area contributed by atoms with E-state index in [1.54, 1.807) is 6.20 Å². The lowest BCUT2D eigenvalue weighted by Crippen LogP contribution is -1.94. The summed E-state index contributed by atoms with van der Waals surface area (Å²) in [4.78, 5) is 12.4. The third kappa shape index (κ3) is 2.47. The van der Waals surface area contributed by atoms with Crippen LogP contribution in [0.1, 0.15) is 5.69 Å². The summed E-state index contributed by atoms with van der Waals surface area (Å²) in [6.45, 7) is 1.91. The maximum Gasteiger partial charge on any atom is 0.250 e. The van der Waals surface area contributed by atoms with Gasteiger partial charge in [-0.1, -0.05) is 0 Å². The Bertz CT molecular complexity index is 839. The first-order valence-corrected chi connectivity index (χ1v) is 7.00. The molecule has 6 heteroatoms. The van der Waals surface area contributed by atoms with Crippen LogP contribution in [0, 0.1) is 12.7 Å². The standard InChI is InChI=1S/C15H11BrFN3O/c1-8-11-3-9(4-12(16)14(11)20-7-19-8)10-5-13(17)15(21-2)18-6-10/h3-7H,1-2H3. The van der Waals surface area contributed by atoms with Crippen LogP contribution in [0.15, 0.2) is 35.2 Å². The summed E-state index contributed by atoms with van der Waals surface area (Å²) >= 11 is 3.50. The zero-order chi connectivity index (χ0) is 15.0. The molecule has 0 aliphatic rings. The van der Waals surface area contributed by atoms with Gasteiger partial charge in [-0.05, 0) is 46.6 Å². The van der Waals surface area contributed by atoms with Crippen LogP contribution >= 0.6 is 15.9 Å². The molecule has 0 aliphatic heterocycles. The van der Waals surface area contributed by atoms with E-state index in [0.29, 0.717) is 5.56 Å². The van der Waals surface area contributed by atoms with Crippen LogP contribution < -0.4 is 4.74 Å². The number of pyridine rings is 1. The van der Waals surface area contributed by atoms with E-state index in [-0.39, 0.29) is 5.88 Å². The molecule has 2 aromatic heterocycles. The number of aryl methyl sites for hydroxylation is 1. The maximum absolute atomic E-state index is 13.8. The second-order valence-electron chi connectivity index (χ2n) is 4.53. The van der Waals surface area contributed by atoms with E-state index in [4.69, 9.17) is 4.74 Å². The monoisotopic (exact) mass is 347 g/mol. The molecule has 0 amide bonds. The molecule has 4 nitrogen and oxygen atoms in total. The highest BCUT2D eigenvalue weighted by molar-refractivity contribution is 9.10. The molecule has 21 heavy (non-hydrogen) atoms. The van der Waals surface area contributed by atoms with Crippen molar-refractivity contribution < 1.29 is 9.13 Å². The Balaban J connectivity index is 2.21. The van der Waals surface area contributed by atoms with Gasteiger partial charge in [-0.15, -0.1) is 0 Å². The Kier molecular flexibility index (Phi) is 3.55. The van der Waals surface area contributed by atoms with Gasteiger partial charge < -0.3 is 4.74 Å². The van der Waals surface area contributed by atoms with Gasteiger partial charge in [-0.3, -0.25) is 0 Å². The average Bonchev–Trinajstić information content (AvgIpc) is 2.48. The largest absolute Gasteiger partial charge is 0.479 e. The first-order valence-electron chi connectivity index (χ1n) is 6.21. The van der Waals surface area contributed by atoms with E-state index in [1.807, 2.05) is 19.1 Å². The Labute approximate surface area is 129 Å². The third-order valence-corrected chi connectivity index (χ3v) is 3.83. The van der Waals surface area contributed by atoms with Gasteiger partial charge in [-0.25, -0.2) is 19.3 Å². The van der Waals surface area contributed by atoms with Crippen molar-refractivity contribution in [2.75, 3.05) is 7.11 Å². The molecule has 3 aromatic rings. The molecule has 0 unspecified atom stereocenters. The lowest BCUT2D eigenvalue weighted by atomic mass is 10.0. The van der Waals surface area contributed by atoms with Crippen molar-refractivity contribution in [2.45, 2.75) is 6.92 Å². The number of fused-ring (bicyclic) bond motifs is 1. The predicted molar refractivity (Wildman–Crippen MR) is 81.7 cm³/mol. The fourth-order valence-corrected chi connectivity index (χ4v) is 2.71. The zero-order valence-corrected chi connectivity index (χ0v) is 13.0. The fourth-order valence-electron chi connectivity index (χ4n) is 2.15. The van der Waals surface area contributed by atoms with Gasteiger partial charge in [-0.2, -0.15) is 0 Å². The van der Waals surface area contributed by atoms with Gasteiger partial charge >= 0.3 is 0 Å². The molecule has 0 aliphatic carbocycles. The van der Waals surface area contributed by atoms with Crippen molar-refractivity contribution in [3.05, 3.63) is 46.7 Å².